The molecule has 0 aliphatic rings. The lowest BCUT2D eigenvalue weighted by Crippen LogP contribution is -2.07. The first kappa shape index (κ1) is 6.88. The first-order valence-electron chi connectivity index (χ1n) is 2.99. The van der Waals surface area contributed by atoms with Crippen molar-refractivity contribution in [2.45, 2.75) is 0 Å². The van der Waals surface area contributed by atoms with Crippen LogP contribution in [0.3, 0.4) is 0 Å². The Labute approximate surface area is 72.4 Å². The smallest absolute Gasteiger partial charge is 0.279 e. The van der Waals surface area contributed by atoms with Crippen molar-refractivity contribution in [1.29, 1.82) is 0 Å². The van der Waals surface area contributed by atoms with Gasteiger partial charge in [0.2, 0.25) is 10.8 Å². The Kier molecular flexibility index (Phi) is 1.47. The van der Waals surface area contributed by atoms with E-state index in [2.05, 4.69) is 15.0 Å². The van der Waals surface area contributed by atoms with Gasteiger partial charge in [0.15, 0.2) is 0 Å². The fraction of sp³-hybridized carbons (Fsp3) is 0. The molecule has 2 N–H and O–H groups in total. The van der Waals surface area contributed by atoms with Gasteiger partial charge < -0.3 is 0 Å². The second kappa shape index (κ2) is 2.36. The number of aromatic nitrogens is 3. The largest absolute Gasteiger partial charge is 0.333 e. The third-order valence-corrected chi connectivity index (χ3v) is 1.86. The molecule has 0 radical (unpaired) electrons. The van der Waals surface area contributed by atoms with Gasteiger partial charge in [0.1, 0.15) is 5.39 Å². The van der Waals surface area contributed by atoms with E-state index in [1.807, 2.05) is 6.07 Å². The summed E-state index contributed by atoms with van der Waals surface area (Å²) in [5, 5.41) is 1.53. The molecule has 0 atom stereocenters. The molecule has 2 aromatic heterocycles. The van der Waals surface area contributed by atoms with Crippen LogP contribution in [-0.2, 0) is 0 Å². The summed E-state index contributed by atoms with van der Waals surface area (Å²) in [6.07, 6.45) is 1.77. The quantitative estimate of drug-likeness (QED) is 0.497. The van der Waals surface area contributed by atoms with E-state index in [1.54, 1.807) is 6.20 Å². The van der Waals surface area contributed by atoms with E-state index in [-0.39, 0.29) is 5.28 Å². The van der Waals surface area contributed by atoms with Gasteiger partial charge in [-0.3, -0.25) is 4.98 Å². The van der Waals surface area contributed by atoms with Crippen LogP contribution in [0.4, 0.5) is 0 Å². The lowest BCUT2D eigenvalue weighted by atomic mass is 10.4. The van der Waals surface area contributed by atoms with Crippen molar-refractivity contribution in [3.8, 4) is 0 Å². The topological polar surface area (TPSA) is 42.8 Å². The molecule has 2 aromatic rings. The number of halogens is 2. The van der Waals surface area contributed by atoms with E-state index in [1.165, 1.54) is 0 Å². The molecule has 5 heteroatoms. The highest BCUT2D eigenvalue weighted by Crippen LogP contribution is 2.17. The Morgan fingerprint density at radius 3 is 3.09 bits per heavy atom. The predicted molar refractivity (Wildman–Crippen MR) is 42.7 cm³/mol. The number of nitrogens with zero attached hydrogens (tertiary/aromatic N) is 1. The van der Waals surface area contributed by atoms with Gasteiger partial charge in [-0.05, 0) is 29.3 Å². The van der Waals surface area contributed by atoms with Crippen LogP contribution in [0, 0.1) is 0 Å². The fourth-order valence-corrected chi connectivity index (χ4v) is 1.39. The van der Waals surface area contributed by atoms with Crippen LogP contribution in [0.2, 0.25) is 10.4 Å². The summed E-state index contributed by atoms with van der Waals surface area (Å²) in [6, 6.07) is 1.83. The number of hydrogen-bond donors (Lipinski definition) is 1. The number of nitrogens with one attached hydrogen (secondary N) is 2. The molecular weight excluding hydrogens is 185 g/mol. The van der Waals surface area contributed by atoms with E-state index in [9.17, 15) is 0 Å². The van der Waals surface area contributed by atoms with Gasteiger partial charge in [-0.25, -0.2) is 4.98 Å². The molecule has 2 heterocycles. The average Bonchev–Trinajstić information content (AvgIpc) is 2.34. The van der Waals surface area contributed by atoms with Crippen LogP contribution in [0.25, 0.3) is 11.0 Å². The normalized spacial score (nSPS) is 10.7. The molecule has 56 valence electrons. The maximum atomic E-state index is 5.77. The third-order valence-electron chi connectivity index (χ3n) is 1.39. The molecule has 11 heavy (non-hydrogen) atoms. The molecule has 0 fully saturated rings. The number of rotatable bonds is 0. The zero-order valence-corrected chi connectivity index (χ0v) is 6.87. The average molecular weight is 189 g/mol. The van der Waals surface area contributed by atoms with Crippen LogP contribution in [0.1, 0.15) is 0 Å². The SMILES string of the molecule is Clc1nc(Cl)c2cc[nH]c2[nH+]1. The zero-order chi connectivity index (χ0) is 7.84. The van der Waals surface area contributed by atoms with E-state index in [4.69, 9.17) is 23.2 Å². The van der Waals surface area contributed by atoms with Gasteiger partial charge in [-0.15, -0.1) is 0 Å². The second-order valence-electron chi connectivity index (χ2n) is 2.08. The molecular formula is C6H4Cl2N3+. The van der Waals surface area contributed by atoms with Crippen molar-refractivity contribution < 1.29 is 4.98 Å². The van der Waals surface area contributed by atoms with E-state index < -0.39 is 0 Å². The standard InChI is InChI=1S/C6H3Cl2N3/c7-4-3-1-2-9-5(3)11-6(8)10-4/h1-2H,(H,9,10,11)/p+1. The van der Waals surface area contributed by atoms with Crippen LogP contribution in [-0.4, -0.2) is 9.97 Å². The van der Waals surface area contributed by atoms with Gasteiger partial charge >= 0.3 is 5.28 Å². The van der Waals surface area contributed by atoms with Crippen molar-refractivity contribution in [2.75, 3.05) is 0 Å². The van der Waals surface area contributed by atoms with Gasteiger partial charge in [-0.2, -0.15) is 0 Å². The third kappa shape index (κ3) is 1.06. The molecule has 0 aliphatic carbocycles. The van der Waals surface area contributed by atoms with Crippen LogP contribution < -0.4 is 4.98 Å². The van der Waals surface area contributed by atoms with E-state index in [0.717, 1.165) is 11.0 Å². The number of aromatic amines is 2. The highest BCUT2D eigenvalue weighted by molar-refractivity contribution is 6.35. The monoisotopic (exact) mass is 188 g/mol. The summed E-state index contributed by atoms with van der Waals surface area (Å²) in [7, 11) is 0. The first-order valence-corrected chi connectivity index (χ1v) is 3.74. The van der Waals surface area contributed by atoms with Crippen molar-refractivity contribution in [1.82, 2.24) is 9.97 Å². The van der Waals surface area contributed by atoms with Crippen LogP contribution >= 0.6 is 23.2 Å². The molecule has 0 saturated heterocycles. The zero-order valence-electron chi connectivity index (χ0n) is 5.36. The lowest BCUT2D eigenvalue weighted by Gasteiger charge is -1.85. The summed E-state index contributed by atoms with van der Waals surface area (Å²) in [4.78, 5) is 9.59. The Balaban J connectivity index is 2.91. The number of H-pyrrole nitrogens is 2. The second-order valence-corrected chi connectivity index (χ2v) is 2.80. The maximum Gasteiger partial charge on any atom is 0.333 e. The minimum atomic E-state index is 0.282. The summed E-state index contributed by atoms with van der Waals surface area (Å²) < 4.78 is 0. The maximum absolute atomic E-state index is 5.77. The highest BCUT2D eigenvalue weighted by Gasteiger charge is 2.10. The molecule has 2 rings (SSSR count). The summed E-state index contributed by atoms with van der Waals surface area (Å²) in [6.45, 7) is 0. The molecule has 0 aliphatic heterocycles. The summed E-state index contributed by atoms with van der Waals surface area (Å²) >= 11 is 11.4. The molecule has 0 aromatic carbocycles. The summed E-state index contributed by atoms with van der Waals surface area (Å²) in [5.74, 6) is 0. The minimum absolute atomic E-state index is 0.282. The molecule has 0 spiro atoms. The Morgan fingerprint density at radius 1 is 1.45 bits per heavy atom. The summed E-state index contributed by atoms with van der Waals surface area (Å²) in [5.41, 5.74) is 0.787. The van der Waals surface area contributed by atoms with Crippen LogP contribution in [0.5, 0.6) is 0 Å². The Bertz CT molecular complexity index is 396. The lowest BCUT2D eigenvalue weighted by molar-refractivity contribution is -0.349. The van der Waals surface area contributed by atoms with Gasteiger partial charge in [0.05, 0.1) is 6.20 Å². The van der Waals surface area contributed by atoms with Crippen molar-refractivity contribution in [3.63, 3.8) is 0 Å². The van der Waals surface area contributed by atoms with Gasteiger partial charge in [0, 0.05) is 0 Å². The van der Waals surface area contributed by atoms with Gasteiger partial charge in [-0.1, -0.05) is 4.98 Å². The van der Waals surface area contributed by atoms with Crippen LogP contribution in [0.15, 0.2) is 12.3 Å². The molecule has 0 saturated carbocycles. The molecule has 0 unspecified atom stereocenters. The van der Waals surface area contributed by atoms with E-state index >= 15 is 0 Å². The van der Waals surface area contributed by atoms with Crippen molar-refractivity contribution in [3.05, 3.63) is 22.7 Å². The molecule has 0 amide bonds. The first-order chi connectivity index (χ1) is 5.27. The molecule has 0 bridgehead atoms. The number of fused-ring (bicyclic) bond motifs is 1. The molecule has 3 nitrogen and oxygen atoms in total. The Morgan fingerprint density at radius 2 is 2.27 bits per heavy atom. The Hall–Kier alpha value is -0.800. The predicted octanol–water partition coefficient (Wildman–Crippen LogP) is 1.68. The van der Waals surface area contributed by atoms with Crippen molar-refractivity contribution in [2.24, 2.45) is 0 Å². The highest BCUT2D eigenvalue weighted by atomic mass is 35.5. The minimum Gasteiger partial charge on any atom is -0.279 e. The number of hydrogen-bond acceptors (Lipinski definition) is 1. The van der Waals surface area contributed by atoms with Gasteiger partial charge in [0.25, 0.3) is 0 Å². The van der Waals surface area contributed by atoms with E-state index in [0.29, 0.717) is 5.15 Å². The fourth-order valence-electron chi connectivity index (χ4n) is 0.922. The van der Waals surface area contributed by atoms with Crippen molar-refractivity contribution >= 4 is 34.2 Å².